The van der Waals surface area contributed by atoms with Gasteiger partial charge in [-0.1, -0.05) is 68.7 Å². The second kappa shape index (κ2) is 11.1. The normalized spacial score (nSPS) is 18.4. The van der Waals surface area contributed by atoms with Gasteiger partial charge in [0.15, 0.2) is 0 Å². The molecule has 0 N–H and O–H groups in total. The Morgan fingerprint density at radius 1 is 0.852 bits per heavy atom. The highest BCUT2D eigenvalue weighted by Gasteiger charge is 2.37. The maximum atomic E-state index is 5.83. The first-order chi connectivity index (χ1) is 13.3. The molecule has 27 heavy (non-hydrogen) atoms. The molecule has 2 unspecified atom stereocenters. The summed E-state index contributed by atoms with van der Waals surface area (Å²) in [7, 11) is 0. The molecule has 0 amide bonds. The lowest BCUT2D eigenvalue weighted by Gasteiger charge is -2.08. The van der Waals surface area contributed by atoms with Crippen molar-refractivity contribution >= 4 is 0 Å². The zero-order valence-electron chi connectivity index (χ0n) is 16.4. The number of epoxide rings is 1. The minimum Gasteiger partial charge on any atom is -0.489 e. The summed E-state index contributed by atoms with van der Waals surface area (Å²) in [5, 5.41) is 0. The van der Waals surface area contributed by atoms with E-state index in [4.69, 9.17) is 14.2 Å². The molecule has 1 heterocycles. The highest BCUT2D eigenvalue weighted by atomic mass is 16.6. The molecule has 3 rings (SSSR count). The van der Waals surface area contributed by atoms with Crippen LogP contribution in [-0.4, -0.2) is 25.4 Å². The summed E-state index contributed by atoms with van der Waals surface area (Å²) >= 11 is 0. The van der Waals surface area contributed by atoms with Crippen molar-refractivity contribution in [3.05, 3.63) is 65.7 Å². The molecule has 1 aliphatic heterocycles. The predicted octanol–water partition coefficient (Wildman–Crippen LogP) is 5.56. The fourth-order valence-corrected chi connectivity index (χ4v) is 3.25. The van der Waals surface area contributed by atoms with Gasteiger partial charge in [0.2, 0.25) is 0 Å². The van der Waals surface area contributed by atoms with Gasteiger partial charge in [-0.05, 0) is 42.5 Å². The molecule has 0 aromatic heterocycles. The first-order valence-corrected chi connectivity index (χ1v) is 10.3. The minimum atomic E-state index is 0.350. The molecule has 0 bridgehead atoms. The van der Waals surface area contributed by atoms with Crippen molar-refractivity contribution in [1.82, 2.24) is 0 Å². The molecule has 3 heteroatoms. The van der Waals surface area contributed by atoms with Gasteiger partial charge in [-0.3, -0.25) is 0 Å². The monoisotopic (exact) mass is 368 g/mol. The van der Waals surface area contributed by atoms with E-state index in [9.17, 15) is 0 Å². The Hall–Kier alpha value is -1.84. The largest absolute Gasteiger partial charge is 0.489 e. The highest BCUT2D eigenvalue weighted by molar-refractivity contribution is 5.27. The zero-order chi connectivity index (χ0) is 18.7. The summed E-state index contributed by atoms with van der Waals surface area (Å²) in [5.74, 6) is 0.916. The number of benzene rings is 2. The van der Waals surface area contributed by atoms with E-state index in [1.165, 1.54) is 36.8 Å². The fraction of sp³-hybridized carbons (Fsp3) is 0.500. The van der Waals surface area contributed by atoms with Crippen LogP contribution in [0.5, 0.6) is 5.75 Å². The first-order valence-electron chi connectivity index (χ1n) is 10.3. The van der Waals surface area contributed by atoms with Crippen molar-refractivity contribution in [2.75, 3.05) is 13.2 Å². The smallest absolute Gasteiger partial charge is 0.119 e. The predicted molar refractivity (Wildman–Crippen MR) is 109 cm³/mol. The molecule has 2 atom stereocenters. The molecule has 1 saturated heterocycles. The van der Waals surface area contributed by atoms with E-state index in [0.29, 0.717) is 18.8 Å². The standard InChI is InChI=1S/C24H32O3/c1-2-3-5-12-23-24(27-23)19-25-17-8-11-20-13-15-22(16-14-20)26-18-21-9-6-4-7-10-21/h4,6-7,9-10,13-16,23-24H,2-3,5,8,11-12,17-19H2,1H3. The SMILES string of the molecule is CCCCCC1OC1COCCCc1ccc(OCc2ccccc2)cc1. The quantitative estimate of drug-likeness (QED) is 0.342. The second-order valence-corrected chi connectivity index (χ2v) is 7.31. The summed E-state index contributed by atoms with van der Waals surface area (Å²) in [6.45, 7) is 4.40. The highest BCUT2D eigenvalue weighted by Crippen LogP contribution is 2.27. The molecule has 1 aliphatic rings. The van der Waals surface area contributed by atoms with Gasteiger partial charge in [0.05, 0.1) is 12.7 Å². The molecule has 146 valence electrons. The molecule has 2 aromatic rings. The number of unbranched alkanes of at least 4 members (excludes halogenated alkanes) is 2. The van der Waals surface area contributed by atoms with Gasteiger partial charge in [0.25, 0.3) is 0 Å². The van der Waals surface area contributed by atoms with Gasteiger partial charge in [0, 0.05) is 6.61 Å². The Kier molecular flexibility index (Phi) is 8.19. The van der Waals surface area contributed by atoms with Gasteiger partial charge >= 0.3 is 0 Å². The molecule has 3 nitrogen and oxygen atoms in total. The zero-order valence-corrected chi connectivity index (χ0v) is 16.4. The van der Waals surface area contributed by atoms with Crippen LogP contribution in [0.1, 0.15) is 50.2 Å². The Bertz CT molecular complexity index is 638. The van der Waals surface area contributed by atoms with Crippen LogP contribution in [0.15, 0.2) is 54.6 Å². The summed E-state index contributed by atoms with van der Waals surface area (Å²) in [5.41, 5.74) is 2.51. The van der Waals surface area contributed by atoms with Crippen LogP contribution in [0.2, 0.25) is 0 Å². The van der Waals surface area contributed by atoms with E-state index < -0.39 is 0 Å². The molecule has 1 fully saturated rings. The summed E-state index contributed by atoms with van der Waals surface area (Å²) < 4.78 is 17.3. The molecular weight excluding hydrogens is 336 g/mol. The van der Waals surface area contributed by atoms with Crippen LogP contribution < -0.4 is 4.74 Å². The average Bonchev–Trinajstić information content (AvgIpc) is 3.46. The van der Waals surface area contributed by atoms with E-state index in [0.717, 1.165) is 31.8 Å². The van der Waals surface area contributed by atoms with Gasteiger partial charge < -0.3 is 14.2 Å². The maximum absolute atomic E-state index is 5.83. The third kappa shape index (κ3) is 7.36. The van der Waals surface area contributed by atoms with Gasteiger partial charge in [-0.2, -0.15) is 0 Å². The molecule has 0 saturated carbocycles. The van der Waals surface area contributed by atoms with Crippen LogP contribution in [0.4, 0.5) is 0 Å². The van der Waals surface area contributed by atoms with Crippen LogP contribution in [-0.2, 0) is 22.5 Å². The van der Waals surface area contributed by atoms with Gasteiger partial charge in [-0.25, -0.2) is 0 Å². The second-order valence-electron chi connectivity index (χ2n) is 7.31. The van der Waals surface area contributed by atoms with Gasteiger partial charge in [0.1, 0.15) is 18.5 Å². The maximum Gasteiger partial charge on any atom is 0.119 e. The first kappa shape index (κ1) is 19.9. The molecule has 2 aromatic carbocycles. The third-order valence-electron chi connectivity index (χ3n) is 4.99. The number of rotatable bonds is 13. The van der Waals surface area contributed by atoms with E-state index in [1.807, 2.05) is 18.2 Å². The summed E-state index contributed by atoms with van der Waals surface area (Å²) in [4.78, 5) is 0. The molecule has 0 radical (unpaired) electrons. The van der Waals surface area contributed by atoms with Crippen molar-refractivity contribution in [2.45, 2.75) is 64.3 Å². The Morgan fingerprint density at radius 2 is 1.67 bits per heavy atom. The lowest BCUT2D eigenvalue weighted by Crippen LogP contribution is -2.06. The average molecular weight is 369 g/mol. The van der Waals surface area contributed by atoms with Crippen LogP contribution in [0.3, 0.4) is 0 Å². The number of hydrogen-bond acceptors (Lipinski definition) is 3. The van der Waals surface area contributed by atoms with E-state index >= 15 is 0 Å². The van der Waals surface area contributed by atoms with E-state index in [-0.39, 0.29) is 0 Å². The summed E-state index contributed by atoms with van der Waals surface area (Å²) in [6, 6.07) is 18.6. The Balaban J connectivity index is 1.24. The number of ether oxygens (including phenoxy) is 3. The van der Waals surface area contributed by atoms with Crippen LogP contribution >= 0.6 is 0 Å². The number of hydrogen-bond donors (Lipinski definition) is 0. The van der Waals surface area contributed by atoms with Crippen molar-refractivity contribution in [3.8, 4) is 5.75 Å². The molecule has 0 aliphatic carbocycles. The van der Waals surface area contributed by atoms with Crippen molar-refractivity contribution in [2.24, 2.45) is 0 Å². The minimum absolute atomic E-state index is 0.350. The van der Waals surface area contributed by atoms with Crippen molar-refractivity contribution in [3.63, 3.8) is 0 Å². The number of aryl methyl sites for hydroxylation is 1. The lowest BCUT2D eigenvalue weighted by molar-refractivity contribution is 0.114. The van der Waals surface area contributed by atoms with Gasteiger partial charge in [-0.15, -0.1) is 0 Å². The van der Waals surface area contributed by atoms with Crippen LogP contribution in [0, 0.1) is 0 Å². The van der Waals surface area contributed by atoms with Crippen molar-refractivity contribution in [1.29, 1.82) is 0 Å². The lowest BCUT2D eigenvalue weighted by atomic mass is 10.1. The van der Waals surface area contributed by atoms with Crippen LogP contribution in [0.25, 0.3) is 0 Å². The summed E-state index contributed by atoms with van der Waals surface area (Å²) in [6.07, 6.45) is 7.94. The molecular formula is C24H32O3. The van der Waals surface area contributed by atoms with Crippen molar-refractivity contribution < 1.29 is 14.2 Å². The Morgan fingerprint density at radius 3 is 2.44 bits per heavy atom. The molecule has 0 spiro atoms. The van der Waals surface area contributed by atoms with E-state index in [2.05, 4.69) is 43.3 Å². The van der Waals surface area contributed by atoms with E-state index in [1.54, 1.807) is 0 Å². The topological polar surface area (TPSA) is 31.0 Å². The fourth-order valence-electron chi connectivity index (χ4n) is 3.25. The Labute approximate surface area is 163 Å². The third-order valence-corrected chi connectivity index (χ3v) is 4.99.